The number of carbonyl (C=O) groups excluding carboxylic acids is 1. The minimum Gasteiger partial charge on any atom is -0.496 e. The molecule has 7 heteroatoms. The molecular weight excluding hydrogens is 352 g/mol. The molecule has 1 saturated heterocycles. The van der Waals surface area contributed by atoms with Gasteiger partial charge >= 0.3 is 0 Å². The van der Waals surface area contributed by atoms with Crippen LogP contribution in [0.4, 0.5) is 5.82 Å². The summed E-state index contributed by atoms with van der Waals surface area (Å²) in [5, 5.41) is 11.9. The van der Waals surface area contributed by atoms with Gasteiger partial charge in [-0.1, -0.05) is 11.6 Å². The van der Waals surface area contributed by atoms with Gasteiger partial charge in [-0.15, -0.1) is 5.10 Å². The van der Waals surface area contributed by atoms with E-state index in [9.17, 15) is 4.79 Å². The number of methoxy groups -OCH3 is 1. The third-order valence-electron chi connectivity index (χ3n) is 4.68. The van der Waals surface area contributed by atoms with Crippen LogP contribution in [0.15, 0.2) is 30.3 Å². The van der Waals surface area contributed by atoms with Crippen LogP contribution >= 0.6 is 11.6 Å². The van der Waals surface area contributed by atoms with Crippen molar-refractivity contribution >= 4 is 23.3 Å². The molecule has 1 aromatic heterocycles. The lowest BCUT2D eigenvalue weighted by Gasteiger charge is -2.32. The predicted molar refractivity (Wildman–Crippen MR) is 102 cm³/mol. The summed E-state index contributed by atoms with van der Waals surface area (Å²) in [4.78, 5) is 14.7. The van der Waals surface area contributed by atoms with Crippen molar-refractivity contribution in [2.24, 2.45) is 5.92 Å². The zero-order chi connectivity index (χ0) is 18.5. The Morgan fingerprint density at radius 1 is 1.27 bits per heavy atom. The average molecular weight is 375 g/mol. The molecule has 1 aliphatic heterocycles. The molecule has 0 atom stereocenters. The van der Waals surface area contributed by atoms with Gasteiger partial charge in [0.25, 0.3) is 5.91 Å². The van der Waals surface area contributed by atoms with E-state index in [0.717, 1.165) is 37.4 Å². The Bertz CT molecular complexity index is 759. The summed E-state index contributed by atoms with van der Waals surface area (Å²) in [6.07, 6.45) is 2.00. The van der Waals surface area contributed by atoms with Gasteiger partial charge in [0.2, 0.25) is 0 Å². The van der Waals surface area contributed by atoms with E-state index in [1.807, 2.05) is 19.1 Å². The summed E-state index contributed by atoms with van der Waals surface area (Å²) in [6, 6.07) is 9.04. The summed E-state index contributed by atoms with van der Waals surface area (Å²) < 4.78 is 5.25. The molecule has 138 valence electrons. The van der Waals surface area contributed by atoms with E-state index in [2.05, 4.69) is 20.4 Å². The number of nitrogens with one attached hydrogen (secondary N) is 1. The van der Waals surface area contributed by atoms with Gasteiger partial charge in [0, 0.05) is 24.7 Å². The first-order valence-electron chi connectivity index (χ1n) is 8.74. The molecule has 3 rings (SSSR count). The topological polar surface area (TPSA) is 67.3 Å². The normalized spacial score (nSPS) is 15.0. The highest BCUT2D eigenvalue weighted by atomic mass is 35.5. The highest BCUT2D eigenvalue weighted by Gasteiger charge is 2.21. The van der Waals surface area contributed by atoms with Crippen molar-refractivity contribution in [1.82, 2.24) is 15.5 Å². The van der Waals surface area contributed by atoms with Crippen molar-refractivity contribution in [1.29, 1.82) is 0 Å². The molecule has 0 spiro atoms. The Balaban J connectivity index is 1.51. The van der Waals surface area contributed by atoms with Crippen molar-refractivity contribution in [3.05, 3.63) is 46.6 Å². The lowest BCUT2D eigenvalue weighted by Crippen LogP contribution is -2.39. The van der Waals surface area contributed by atoms with E-state index in [4.69, 9.17) is 16.3 Å². The Labute approximate surface area is 158 Å². The van der Waals surface area contributed by atoms with Gasteiger partial charge in [-0.3, -0.25) is 4.79 Å². The van der Waals surface area contributed by atoms with Crippen molar-refractivity contribution in [2.45, 2.75) is 19.8 Å². The SMILES string of the molecule is COc1ccc(Cl)cc1C(=O)NCC1CCN(c2ccc(C)nn2)CC1. The Morgan fingerprint density at radius 2 is 2.04 bits per heavy atom. The van der Waals surface area contributed by atoms with Crippen LogP contribution in [-0.2, 0) is 0 Å². The molecule has 0 bridgehead atoms. The number of hydrogen-bond acceptors (Lipinski definition) is 5. The van der Waals surface area contributed by atoms with E-state index in [1.165, 1.54) is 0 Å². The molecule has 1 fully saturated rings. The number of aromatic nitrogens is 2. The number of piperidine rings is 1. The lowest BCUT2D eigenvalue weighted by atomic mass is 9.96. The molecule has 1 aliphatic rings. The quantitative estimate of drug-likeness (QED) is 0.871. The number of carbonyl (C=O) groups is 1. The summed E-state index contributed by atoms with van der Waals surface area (Å²) in [6.45, 7) is 4.40. The van der Waals surface area contributed by atoms with Crippen molar-refractivity contribution < 1.29 is 9.53 Å². The van der Waals surface area contributed by atoms with Crippen LogP contribution < -0.4 is 15.0 Å². The van der Waals surface area contributed by atoms with Crippen LogP contribution in [0.3, 0.4) is 0 Å². The monoisotopic (exact) mass is 374 g/mol. The van der Waals surface area contributed by atoms with E-state index >= 15 is 0 Å². The first-order valence-corrected chi connectivity index (χ1v) is 9.11. The van der Waals surface area contributed by atoms with Gasteiger partial charge in [0.15, 0.2) is 5.82 Å². The number of hydrogen-bond donors (Lipinski definition) is 1. The van der Waals surface area contributed by atoms with Gasteiger partial charge in [-0.25, -0.2) is 0 Å². The molecule has 2 aromatic rings. The molecule has 0 aliphatic carbocycles. The number of ether oxygens (including phenoxy) is 1. The highest BCUT2D eigenvalue weighted by molar-refractivity contribution is 6.31. The predicted octanol–water partition coefficient (Wildman–Crippen LogP) is 3.09. The first kappa shape index (κ1) is 18.5. The van der Waals surface area contributed by atoms with Crippen LogP contribution in [0.5, 0.6) is 5.75 Å². The fourth-order valence-electron chi connectivity index (χ4n) is 3.12. The number of aryl methyl sites for hydroxylation is 1. The number of benzene rings is 1. The standard InChI is InChI=1S/C19H23ClN4O2/c1-13-3-6-18(23-22-13)24-9-7-14(8-10-24)12-21-19(25)16-11-15(20)4-5-17(16)26-2/h3-6,11,14H,7-10,12H2,1-2H3,(H,21,25). The smallest absolute Gasteiger partial charge is 0.255 e. The zero-order valence-electron chi connectivity index (χ0n) is 15.0. The van der Waals surface area contributed by atoms with Gasteiger partial charge in [-0.05, 0) is 56.0 Å². The fourth-order valence-corrected chi connectivity index (χ4v) is 3.29. The van der Waals surface area contributed by atoms with Crippen LogP contribution in [0.25, 0.3) is 0 Å². The summed E-state index contributed by atoms with van der Waals surface area (Å²) in [5.74, 6) is 1.73. The number of nitrogens with zero attached hydrogens (tertiary/aromatic N) is 3. The zero-order valence-corrected chi connectivity index (χ0v) is 15.8. The highest BCUT2D eigenvalue weighted by Crippen LogP contribution is 2.24. The Hall–Kier alpha value is -2.34. The van der Waals surface area contributed by atoms with E-state index in [-0.39, 0.29) is 5.91 Å². The molecule has 1 amide bonds. The first-order chi connectivity index (χ1) is 12.6. The Morgan fingerprint density at radius 3 is 2.69 bits per heavy atom. The average Bonchev–Trinajstić information content (AvgIpc) is 2.67. The number of anilines is 1. The number of amides is 1. The van der Waals surface area contributed by atoms with E-state index < -0.39 is 0 Å². The van der Waals surface area contributed by atoms with Gasteiger partial charge in [0.05, 0.1) is 18.4 Å². The summed E-state index contributed by atoms with van der Waals surface area (Å²) in [5.41, 5.74) is 1.38. The maximum atomic E-state index is 12.5. The largest absolute Gasteiger partial charge is 0.496 e. The third kappa shape index (κ3) is 4.43. The fraction of sp³-hybridized carbons (Fsp3) is 0.421. The molecule has 0 saturated carbocycles. The van der Waals surface area contributed by atoms with Crippen molar-refractivity contribution in [2.75, 3.05) is 31.6 Å². The molecule has 1 N–H and O–H groups in total. The van der Waals surface area contributed by atoms with E-state index in [1.54, 1.807) is 25.3 Å². The molecule has 1 aromatic carbocycles. The van der Waals surface area contributed by atoms with Crippen LogP contribution in [0.1, 0.15) is 28.9 Å². The molecule has 2 heterocycles. The lowest BCUT2D eigenvalue weighted by molar-refractivity contribution is 0.0942. The van der Waals surface area contributed by atoms with Crippen molar-refractivity contribution in [3.63, 3.8) is 0 Å². The second-order valence-corrected chi connectivity index (χ2v) is 6.95. The number of halogens is 1. The maximum absolute atomic E-state index is 12.5. The minimum absolute atomic E-state index is 0.156. The van der Waals surface area contributed by atoms with Crippen LogP contribution in [0, 0.1) is 12.8 Å². The second-order valence-electron chi connectivity index (χ2n) is 6.52. The molecule has 26 heavy (non-hydrogen) atoms. The van der Waals surface area contributed by atoms with Crippen molar-refractivity contribution in [3.8, 4) is 5.75 Å². The van der Waals surface area contributed by atoms with Crippen LogP contribution in [-0.4, -0.2) is 42.8 Å². The molecular formula is C19H23ClN4O2. The molecule has 6 nitrogen and oxygen atoms in total. The van der Waals surface area contributed by atoms with Gasteiger partial charge in [0.1, 0.15) is 5.75 Å². The molecule has 0 radical (unpaired) electrons. The Kier molecular flexibility index (Phi) is 5.93. The maximum Gasteiger partial charge on any atom is 0.255 e. The van der Waals surface area contributed by atoms with Gasteiger partial charge in [-0.2, -0.15) is 5.10 Å². The third-order valence-corrected chi connectivity index (χ3v) is 4.91. The van der Waals surface area contributed by atoms with E-state index in [0.29, 0.717) is 28.8 Å². The van der Waals surface area contributed by atoms with Gasteiger partial charge < -0.3 is 15.0 Å². The summed E-state index contributed by atoms with van der Waals surface area (Å²) >= 11 is 6.00. The number of rotatable bonds is 5. The van der Waals surface area contributed by atoms with Crippen LogP contribution in [0.2, 0.25) is 5.02 Å². The second kappa shape index (κ2) is 8.36. The summed E-state index contributed by atoms with van der Waals surface area (Å²) in [7, 11) is 1.55. The molecule has 0 unspecified atom stereocenters. The minimum atomic E-state index is -0.156.